The first-order valence-electron chi connectivity index (χ1n) is 9.80. The first-order valence-corrected chi connectivity index (χ1v) is 12.6. The molecule has 1 fully saturated rings. The Labute approximate surface area is 188 Å². The van der Waals surface area contributed by atoms with E-state index in [2.05, 4.69) is 10.2 Å². The maximum absolute atomic E-state index is 13.5. The molecule has 0 saturated carbocycles. The largest absolute Gasteiger partial charge is 0.341 e. The van der Waals surface area contributed by atoms with E-state index in [4.69, 9.17) is 0 Å². The maximum Gasteiger partial charge on any atom is 0.233 e. The number of amides is 1. The molecule has 0 aliphatic carbocycles. The Balaban J connectivity index is 1.59. The van der Waals surface area contributed by atoms with Gasteiger partial charge in [0.1, 0.15) is 11.6 Å². The highest BCUT2D eigenvalue weighted by atomic mass is 32.2. The lowest BCUT2D eigenvalue weighted by atomic mass is 10.2. The molecule has 1 aliphatic rings. The van der Waals surface area contributed by atoms with E-state index in [-0.39, 0.29) is 29.2 Å². The molecule has 1 aliphatic heterocycles. The molecule has 2 heterocycles. The van der Waals surface area contributed by atoms with Crippen molar-refractivity contribution >= 4 is 27.5 Å². The number of sulfone groups is 1. The van der Waals surface area contributed by atoms with Crippen molar-refractivity contribution in [3.63, 3.8) is 0 Å². The number of halogens is 2. The molecule has 0 N–H and O–H groups in total. The minimum atomic E-state index is -3.10. The summed E-state index contributed by atoms with van der Waals surface area (Å²) in [6, 6.07) is 11.1. The van der Waals surface area contributed by atoms with Crippen molar-refractivity contribution in [2.45, 2.75) is 17.6 Å². The van der Waals surface area contributed by atoms with Crippen molar-refractivity contribution in [1.82, 2.24) is 19.7 Å². The summed E-state index contributed by atoms with van der Waals surface area (Å²) in [6.45, 7) is 0. The van der Waals surface area contributed by atoms with Gasteiger partial charge in [0.2, 0.25) is 5.91 Å². The molecule has 4 rings (SSSR count). The zero-order valence-electron chi connectivity index (χ0n) is 17.1. The number of hydrogen-bond acceptors (Lipinski definition) is 6. The topological polar surface area (TPSA) is 85.2 Å². The van der Waals surface area contributed by atoms with Gasteiger partial charge in [-0.25, -0.2) is 17.2 Å². The molecule has 32 heavy (non-hydrogen) atoms. The number of benzene rings is 2. The monoisotopic (exact) mass is 478 g/mol. The number of thioether (sulfide) groups is 1. The van der Waals surface area contributed by atoms with Gasteiger partial charge in [-0.05, 0) is 55.0 Å². The quantitative estimate of drug-likeness (QED) is 0.507. The smallest absolute Gasteiger partial charge is 0.233 e. The summed E-state index contributed by atoms with van der Waals surface area (Å²) in [4.78, 5) is 14.2. The molecule has 0 unspecified atom stereocenters. The van der Waals surface area contributed by atoms with E-state index < -0.39 is 21.5 Å². The van der Waals surface area contributed by atoms with Crippen LogP contribution in [0.15, 0.2) is 53.7 Å². The summed E-state index contributed by atoms with van der Waals surface area (Å²) in [6.07, 6.45) is 0.426. The Morgan fingerprint density at radius 3 is 2.31 bits per heavy atom. The Morgan fingerprint density at radius 2 is 1.72 bits per heavy atom. The molecule has 0 radical (unpaired) electrons. The standard InChI is InChI=1S/C21H20F2N4O3S2/c1-26(18-10-11-32(29,30)13-18)19(28)12-31-21-25-24-20(14-2-4-15(22)5-3-14)27(21)17-8-6-16(23)7-9-17/h2-9,18H,10-13H2,1H3/t18-/m1/s1. The van der Waals surface area contributed by atoms with E-state index in [9.17, 15) is 22.0 Å². The lowest BCUT2D eigenvalue weighted by Crippen LogP contribution is -2.38. The fourth-order valence-corrected chi connectivity index (χ4v) is 6.13. The normalized spacial score (nSPS) is 17.4. The fourth-order valence-electron chi connectivity index (χ4n) is 3.48. The lowest BCUT2D eigenvalue weighted by molar-refractivity contribution is -0.128. The SMILES string of the molecule is CN(C(=O)CSc1nnc(-c2ccc(F)cc2)n1-c1ccc(F)cc1)[C@@H]1CCS(=O)(=O)C1. The van der Waals surface area contributed by atoms with Crippen molar-refractivity contribution in [2.24, 2.45) is 0 Å². The number of carbonyl (C=O) groups is 1. The van der Waals surface area contributed by atoms with Crippen LogP contribution < -0.4 is 0 Å². The molecule has 7 nitrogen and oxygen atoms in total. The molecule has 168 valence electrons. The van der Waals surface area contributed by atoms with E-state index in [1.807, 2.05) is 0 Å². The van der Waals surface area contributed by atoms with Gasteiger partial charge in [-0.2, -0.15) is 0 Å². The van der Waals surface area contributed by atoms with E-state index in [0.717, 1.165) is 11.8 Å². The van der Waals surface area contributed by atoms with Crippen LogP contribution in [0, 0.1) is 11.6 Å². The molecular weight excluding hydrogens is 458 g/mol. The second-order valence-corrected chi connectivity index (χ2v) is 10.6. The van der Waals surface area contributed by atoms with Gasteiger partial charge in [0.05, 0.1) is 17.3 Å². The minimum Gasteiger partial charge on any atom is -0.341 e. The molecule has 0 spiro atoms. The van der Waals surface area contributed by atoms with Gasteiger partial charge in [0.15, 0.2) is 20.8 Å². The number of carbonyl (C=O) groups excluding carboxylic acids is 1. The van der Waals surface area contributed by atoms with Crippen LogP contribution in [0.4, 0.5) is 8.78 Å². The van der Waals surface area contributed by atoms with Crippen LogP contribution in [0.2, 0.25) is 0 Å². The summed E-state index contributed by atoms with van der Waals surface area (Å²) >= 11 is 1.14. The van der Waals surface area contributed by atoms with Crippen molar-refractivity contribution in [3.8, 4) is 17.1 Å². The average Bonchev–Trinajstić information content (AvgIpc) is 3.35. The number of rotatable bonds is 6. The molecule has 0 bridgehead atoms. The fraction of sp³-hybridized carbons (Fsp3) is 0.286. The lowest BCUT2D eigenvalue weighted by Gasteiger charge is -2.23. The molecule has 11 heteroatoms. The average molecular weight is 479 g/mol. The molecule has 3 aromatic rings. The van der Waals surface area contributed by atoms with Crippen molar-refractivity contribution in [1.29, 1.82) is 0 Å². The van der Waals surface area contributed by atoms with Crippen LogP contribution >= 0.6 is 11.8 Å². The predicted octanol–water partition coefficient (Wildman–Crippen LogP) is 2.95. The highest BCUT2D eigenvalue weighted by Gasteiger charge is 2.32. The van der Waals surface area contributed by atoms with Gasteiger partial charge >= 0.3 is 0 Å². The molecule has 2 aromatic carbocycles. The van der Waals surface area contributed by atoms with Gasteiger partial charge in [-0.3, -0.25) is 9.36 Å². The van der Waals surface area contributed by atoms with E-state index in [1.54, 1.807) is 35.9 Å². The Kier molecular flexibility index (Phi) is 6.29. The number of aromatic nitrogens is 3. The number of hydrogen-bond donors (Lipinski definition) is 0. The van der Waals surface area contributed by atoms with E-state index in [1.165, 1.54) is 29.2 Å². The van der Waals surface area contributed by atoms with Crippen LogP contribution in [0.1, 0.15) is 6.42 Å². The highest BCUT2D eigenvalue weighted by Crippen LogP contribution is 2.29. The first kappa shape index (κ1) is 22.4. The van der Waals surface area contributed by atoms with Crippen molar-refractivity contribution in [2.75, 3.05) is 24.3 Å². The summed E-state index contributed by atoms with van der Waals surface area (Å²) < 4.78 is 51.9. The predicted molar refractivity (Wildman–Crippen MR) is 117 cm³/mol. The Hall–Kier alpha value is -2.79. The summed E-state index contributed by atoms with van der Waals surface area (Å²) in [5.41, 5.74) is 1.19. The second kappa shape index (κ2) is 8.99. The second-order valence-electron chi connectivity index (χ2n) is 7.48. The third kappa shape index (κ3) is 4.83. The van der Waals surface area contributed by atoms with Crippen LogP contribution in [0.25, 0.3) is 17.1 Å². The van der Waals surface area contributed by atoms with Crippen LogP contribution in [0.3, 0.4) is 0 Å². The number of nitrogens with zero attached hydrogens (tertiary/aromatic N) is 4. The molecule has 1 amide bonds. The summed E-state index contributed by atoms with van der Waals surface area (Å²) in [5.74, 6) is -0.518. The summed E-state index contributed by atoms with van der Waals surface area (Å²) in [5, 5.41) is 8.79. The minimum absolute atomic E-state index is 0.0236. The van der Waals surface area contributed by atoms with Gasteiger partial charge in [-0.15, -0.1) is 10.2 Å². The molecule has 1 saturated heterocycles. The van der Waals surface area contributed by atoms with E-state index >= 15 is 0 Å². The van der Waals surface area contributed by atoms with Crippen LogP contribution in [-0.2, 0) is 14.6 Å². The zero-order valence-corrected chi connectivity index (χ0v) is 18.7. The third-order valence-electron chi connectivity index (χ3n) is 5.29. The summed E-state index contributed by atoms with van der Waals surface area (Å²) in [7, 11) is -1.50. The third-order valence-corrected chi connectivity index (χ3v) is 7.96. The van der Waals surface area contributed by atoms with Crippen molar-refractivity contribution < 1.29 is 22.0 Å². The van der Waals surface area contributed by atoms with Gasteiger partial charge in [-0.1, -0.05) is 11.8 Å². The molecule has 1 aromatic heterocycles. The van der Waals surface area contributed by atoms with Gasteiger partial charge in [0.25, 0.3) is 0 Å². The highest BCUT2D eigenvalue weighted by molar-refractivity contribution is 7.99. The Bertz CT molecular complexity index is 1230. The Morgan fingerprint density at radius 1 is 1.09 bits per heavy atom. The van der Waals surface area contributed by atoms with Gasteiger partial charge in [0, 0.05) is 24.3 Å². The molecule has 1 atom stereocenters. The van der Waals surface area contributed by atoms with Crippen LogP contribution in [-0.4, -0.2) is 64.3 Å². The van der Waals surface area contributed by atoms with Crippen LogP contribution in [0.5, 0.6) is 0 Å². The maximum atomic E-state index is 13.5. The van der Waals surface area contributed by atoms with Gasteiger partial charge < -0.3 is 4.90 Å². The zero-order chi connectivity index (χ0) is 22.9. The van der Waals surface area contributed by atoms with Crippen molar-refractivity contribution in [3.05, 3.63) is 60.2 Å². The first-order chi connectivity index (χ1) is 15.2. The van der Waals surface area contributed by atoms with E-state index in [0.29, 0.717) is 28.7 Å². The molecular formula is C21H20F2N4O3S2.